The number of rotatable bonds is 14. The van der Waals surface area contributed by atoms with Gasteiger partial charge in [0.2, 0.25) is 0 Å². The zero-order chi connectivity index (χ0) is 27.1. The standard InChI is InChI=1S/C31H40Cl2O4S/c32-25-19-26(34)30(24(25)8-3-1-2-4-10-29(36)37)22-13-11-21(12-14-22)7-5-9-27(35)31(17-6-18-31)20-23-15-16-28(33)38-23/h1,3,11-16,24-27,30,34-35H,2,4-10,17-20H2,(H,36,37)/t24-,25?,26+,27?,30-/m0/s1. The fraction of sp³-hybridized carbons (Fsp3) is 0.581. The molecule has 0 radical (unpaired) electrons. The van der Waals surface area contributed by atoms with E-state index in [-0.39, 0.29) is 35.2 Å². The average Bonchev–Trinajstić information content (AvgIpc) is 3.39. The van der Waals surface area contributed by atoms with Crippen molar-refractivity contribution in [2.75, 3.05) is 0 Å². The first kappa shape index (κ1) is 29.6. The van der Waals surface area contributed by atoms with Crippen LogP contribution in [0.4, 0.5) is 0 Å². The van der Waals surface area contributed by atoms with Crippen LogP contribution in [0.3, 0.4) is 0 Å². The van der Waals surface area contributed by atoms with E-state index in [1.165, 1.54) is 16.9 Å². The number of aliphatic hydroxyl groups is 2. The van der Waals surface area contributed by atoms with Crippen molar-refractivity contribution in [1.82, 2.24) is 0 Å². The molecule has 1 aromatic carbocycles. The van der Waals surface area contributed by atoms with Crippen molar-refractivity contribution in [3.8, 4) is 0 Å². The van der Waals surface area contributed by atoms with E-state index in [0.717, 1.165) is 61.3 Å². The molecule has 2 saturated carbocycles. The molecule has 2 fully saturated rings. The van der Waals surface area contributed by atoms with Gasteiger partial charge in [-0.15, -0.1) is 22.9 Å². The number of allylic oxidation sites excluding steroid dienone is 2. The van der Waals surface area contributed by atoms with Gasteiger partial charge in [0, 0.05) is 28.0 Å². The summed E-state index contributed by atoms with van der Waals surface area (Å²) in [7, 11) is 0. The lowest BCUT2D eigenvalue weighted by atomic mass is 9.62. The Morgan fingerprint density at radius 2 is 1.89 bits per heavy atom. The number of benzene rings is 1. The van der Waals surface area contributed by atoms with Gasteiger partial charge in [0.1, 0.15) is 0 Å². The number of halogens is 2. The van der Waals surface area contributed by atoms with Crippen LogP contribution in [0.5, 0.6) is 0 Å². The number of carboxylic acid groups (broad SMARTS) is 1. The van der Waals surface area contributed by atoms with Crippen molar-refractivity contribution in [3.63, 3.8) is 0 Å². The lowest BCUT2D eigenvalue weighted by molar-refractivity contribution is -0.137. The number of hydrogen-bond donors (Lipinski definition) is 3. The van der Waals surface area contributed by atoms with Crippen LogP contribution in [-0.4, -0.2) is 38.9 Å². The van der Waals surface area contributed by atoms with Crippen molar-refractivity contribution >= 4 is 40.5 Å². The third-order valence-electron chi connectivity index (χ3n) is 8.66. The molecule has 208 valence electrons. The fourth-order valence-corrected chi connectivity index (χ4v) is 8.02. The topological polar surface area (TPSA) is 77.8 Å². The van der Waals surface area contributed by atoms with Crippen LogP contribution >= 0.6 is 34.5 Å². The summed E-state index contributed by atoms with van der Waals surface area (Å²) in [6, 6.07) is 12.6. The number of carbonyl (C=O) groups is 1. The SMILES string of the molecule is O=C(O)CCCC=CC[C@H]1C(Cl)C[C@@H](O)[C@H]1c1ccc(CCCC(O)C2(Cc3ccc(Cl)s3)CCC2)cc1. The second-order valence-corrected chi connectivity index (χ2v) is 13.6. The summed E-state index contributed by atoms with van der Waals surface area (Å²) >= 11 is 14.4. The smallest absolute Gasteiger partial charge is 0.303 e. The van der Waals surface area contributed by atoms with E-state index < -0.39 is 12.1 Å². The molecule has 1 heterocycles. The van der Waals surface area contributed by atoms with E-state index in [1.807, 2.05) is 12.1 Å². The number of aliphatic carboxylic acids is 1. The van der Waals surface area contributed by atoms with Gasteiger partial charge in [-0.25, -0.2) is 0 Å². The van der Waals surface area contributed by atoms with E-state index in [0.29, 0.717) is 12.8 Å². The molecule has 0 bridgehead atoms. The summed E-state index contributed by atoms with van der Waals surface area (Å²) < 4.78 is 0.815. The first-order valence-electron chi connectivity index (χ1n) is 14.0. The Kier molecular flexibility index (Phi) is 10.8. The quantitative estimate of drug-likeness (QED) is 0.121. The molecule has 0 amide bonds. The number of aliphatic hydroxyl groups excluding tert-OH is 2. The number of unbranched alkanes of at least 4 members (excludes halogenated alkanes) is 1. The number of thiophene rings is 1. The maximum atomic E-state index is 11.1. The van der Waals surface area contributed by atoms with Crippen LogP contribution in [0, 0.1) is 11.3 Å². The monoisotopic (exact) mass is 578 g/mol. The predicted molar refractivity (Wildman–Crippen MR) is 156 cm³/mol. The molecule has 7 heteroatoms. The van der Waals surface area contributed by atoms with Crippen LogP contribution in [0.2, 0.25) is 4.34 Å². The molecule has 0 aliphatic heterocycles. The van der Waals surface area contributed by atoms with Gasteiger partial charge in [-0.3, -0.25) is 4.79 Å². The Hall–Kier alpha value is -1.37. The summed E-state index contributed by atoms with van der Waals surface area (Å²) in [5, 5.41) is 30.5. The zero-order valence-corrected chi connectivity index (χ0v) is 24.2. The summed E-state index contributed by atoms with van der Waals surface area (Å²) in [4.78, 5) is 11.9. The molecule has 2 aliphatic rings. The maximum absolute atomic E-state index is 11.1. The van der Waals surface area contributed by atoms with Gasteiger partial charge < -0.3 is 15.3 Å². The molecule has 2 aromatic rings. The van der Waals surface area contributed by atoms with E-state index in [4.69, 9.17) is 28.3 Å². The van der Waals surface area contributed by atoms with Crippen LogP contribution < -0.4 is 0 Å². The summed E-state index contributed by atoms with van der Waals surface area (Å²) in [5.41, 5.74) is 2.38. The Labute approximate surface area is 240 Å². The number of carboxylic acids is 1. The minimum Gasteiger partial charge on any atom is -0.481 e. The molecule has 1 aromatic heterocycles. The Bertz CT molecular complexity index is 1060. The van der Waals surface area contributed by atoms with Crippen molar-refractivity contribution in [2.24, 2.45) is 11.3 Å². The molecule has 4 nitrogen and oxygen atoms in total. The largest absolute Gasteiger partial charge is 0.481 e. The minimum atomic E-state index is -0.764. The van der Waals surface area contributed by atoms with Crippen LogP contribution in [0.15, 0.2) is 48.6 Å². The Morgan fingerprint density at radius 3 is 2.53 bits per heavy atom. The van der Waals surface area contributed by atoms with Crippen molar-refractivity contribution in [2.45, 2.75) is 101 Å². The summed E-state index contributed by atoms with van der Waals surface area (Å²) in [5.74, 6) is -0.610. The third kappa shape index (κ3) is 7.63. The lowest BCUT2D eigenvalue weighted by Gasteiger charge is -2.45. The van der Waals surface area contributed by atoms with E-state index in [1.54, 1.807) is 11.3 Å². The van der Waals surface area contributed by atoms with Gasteiger partial charge in [0.05, 0.1) is 16.5 Å². The number of aryl methyl sites for hydroxylation is 1. The van der Waals surface area contributed by atoms with Gasteiger partial charge in [0.25, 0.3) is 0 Å². The molecule has 5 atom stereocenters. The molecule has 4 rings (SSSR count). The van der Waals surface area contributed by atoms with E-state index >= 15 is 0 Å². The second kappa shape index (κ2) is 13.8. The minimum absolute atomic E-state index is 0.00118. The summed E-state index contributed by atoms with van der Waals surface area (Å²) in [6.07, 6.45) is 13.3. The molecular formula is C31H40Cl2O4S. The molecular weight excluding hydrogens is 539 g/mol. The first-order chi connectivity index (χ1) is 18.3. The molecule has 0 saturated heterocycles. The summed E-state index contributed by atoms with van der Waals surface area (Å²) in [6.45, 7) is 0. The maximum Gasteiger partial charge on any atom is 0.303 e. The first-order valence-corrected chi connectivity index (χ1v) is 15.6. The van der Waals surface area contributed by atoms with Crippen molar-refractivity contribution in [3.05, 3.63) is 68.9 Å². The molecule has 2 unspecified atom stereocenters. The highest BCUT2D eigenvalue weighted by atomic mass is 35.5. The number of alkyl halides is 1. The third-order valence-corrected chi connectivity index (χ3v) is 10.4. The molecule has 0 spiro atoms. The highest BCUT2D eigenvalue weighted by Crippen LogP contribution is 2.49. The van der Waals surface area contributed by atoms with Gasteiger partial charge in [-0.2, -0.15) is 0 Å². The highest BCUT2D eigenvalue weighted by Gasteiger charge is 2.43. The molecule has 38 heavy (non-hydrogen) atoms. The van der Waals surface area contributed by atoms with Gasteiger partial charge in [0.15, 0.2) is 0 Å². The van der Waals surface area contributed by atoms with Gasteiger partial charge >= 0.3 is 5.97 Å². The predicted octanol–water partition coefficient (Wildman–Crippen LogP) is 7.77. The molecule has 2 aliphatic carbocycles. The number of hydrogen-bond acceptors (Lipinski definition) is 4. The van der Waals surface area contributed by atoms with Crippen LogP contribution in [0.25, 0.3) is 0 Å². The van der Waals surface area contributed by atoms with E-state index in [2.05, 4.69) is 36.4 Å². The highest BCUT2D eigenvalue weighted by molar-refractivity contribution is 7.16. The van der Waals surface area contributed by atoms with Gasteiger partial charge in [-0.05, 0) is 93.4 Å². The van der Waals surface area contributed by atoms with Gasteiger partial charge in [-0.1, -0.05) is 54.4 Å². The van der Waals surface area contributed by atoms with Crippen LogP contribution in [-0.2, 0) is 17.6 Å². The average molecular weight is 580 g/mol. The Balaban J connectivity index is 1.27. The van der Waals surface area contributed by atoms with E-state index in [9.17, 15) is 15.0 Å². The van der Waals surface area contributed by atoms with Crippen molar-refractivity contribution in [1.29, 1.82) is 0 Å². The normalized spacial score (nSPS) is 25.5. The zero-order valence-electron chi connectivity index (χ0n) is 21.9. The lowest BCUT2D eigenvalue weighted by Crippen LogP contribution is -2.43. The molecule has 3 N–H and O–H groups in total. The van der Waals surface area contributed by atoms with Crippen LogP contribution in [0.1, 0.15) is 86.1 Å². The second-order valence-electron chi connectivity index (χ2n) is 11.2. The van der Waals surface area contributed by atoms with Crippen molar-refractivity contribution < 1.29 is 20.1 Å². The fourth-order valence-electron chi connectivity index (χ4n) is 6.33. The Morgan fingerprint density at radius 1 is 1.13 bits per heavy atom.